The predicted molar refractivity (Wildman–Crippen MR) is 101 cm³/mol. The van der Waals surface area contributed by atoms with Crippen molar-refractivity contribution < 1.29 is 9.53 Å². The van der Waals surface area contributed by atoms with E-state index in [9.17, 15) is 4.79 Å². The van der Waals surface area contributed by atoms with Gasteiger partial charge in [0.05, 0.1) is 19.5 Å². The second-order valence-corrected chi connectivity index (χ2v) is 6.06. The molecule has 0 unspecified atom stereocenters. The van der Waals surface area contributed by atoms with Crippen molar-refractivity contribution in [2.45, 2.75) is 6.54 Å². The van der Waals surface area contributed by atoms with Gasteiger partial charge in [-0.25, -0.2) is 0 Å². The van der Waals surface area contributed by atoms with Crippen LogP contribution in [-0.4, -0.2) is 37.8 Å². The molecule has 0 atom stereocenters. The Morgan fingerprint density at radius 2 is 2.00 bits per heavy atom. The molecule has 8 nitrogen and oxygen atoms in total. The molecule has 0 aliphatic heterocycles. The second-order valence-electron chi connectivity index (χ2n) is 6.06. The fraction of sp³-hybridized carbons (Fsp3) is 0.158. The van der Waals surface area contributed by atoms with Crippen LogP contribution in [0.4, 0.5) is 5.82 Å². The van der Waals surface area contributed by atoms with E-state index < -0.39 is 0 Å². The van der Waals surface area contributed by atoms with Gasteiger partial charge >= 0.3 is 0 Å². The maximum absolute atomic E-state index is 12.2. The van der Waals surface area contributed by atoms with E-state index in [2.05, 4.69) is 26.7 Å². The molecule has 0 radical (unpaired) electrons. The fourth-order valence-corrected chi connectivity index (χ4v) is 3.03. The summed E-state index contributed by atoms with van der Waals surface area (Å²) < 4.78 is 7.13. The first-order chi connectivity index (χ1) is 13.1. The van der Waals surface area contributed by atoms with Crippen molar-refractivity contribution >= 4 is 22.5 Å². The molecule has 0 saturated carbocycles. The normalized spacial score (nSPS) is 10.9. The number of ether oxygens (including phenoxy) is 1. The molecule has 4 aromatic rings. The number of aromatic nitrogens is 5. The zero-order valence-electron chi connectivity index (χ0n) is 15.0. The van der Waals surface area contributed by atoms with E-state index >= 15 is 0 Å². The third-order valence-electron chi connectivity index (χ3n) is 4.21. The summed E-state index contributed by atoms with van der Waals surface area (Å²) in [5.74, 6) is 0.942. The van der Waals surface area contributed by atoms with Crippen molar-refractivity contribution in [1.29, 1.82) is 0 Å². The molecule has 1 amide bonds. The van der Waals surface area contributed by atoms with Crippen LogP contribution in [0.2, 0.25) is 0 Å². The summed E-state index contributed by atoms with van der Waals surface area (Å²) in [7, 11) is 3.33. The summed E-state index contributed by atoms with van der Waals surface area (Å²) in [6.45, 7) is 0.0731. The first-order valence-corrected chi connectivity index (χ1v) is 8.39. The predicted octanol–water partition coefficient (Wildman–Crippen LogP) is 2.48. The van der Waals surface area contributed by atoms with Crippen LogP contribution in [0, 0.1) is 0 Å². The van der Waals surface area contributed by atoms with E-state index in [0.29, 0.717) is 5.82 Å². The average molecular weight is 362 g/mol. The molecule has 136 valence electrons. The van der Waals surface area contributed by atoms with Gasteiger partial charge < -0.3 is 10.1 Å². The lowest BCUT2D eigenvalue weighted by molar-refractivity contribution is -0.116. The van der Waals surface area contributed by atoms with E-state index in [-0.39, 0.29) is 12.5 Å². The van der Waals surface area contributed by atoms with Crippen LogP contribution < -0.4 is 10.1 Å². The zero-order chi connectivity index (χ0) is 18.8. The van der Waals surface area contributed by atoms with E-state index in [0.717, 1.165) is 27.6 Å². The van der Waals surface area contributed by atoms with Gasteiger partial charge in [-0.15, -0.1) is 5.10 Å². The summed E-state index contributed by atoms with van der Waals surface area (Å²) in [5, 5.41) is 17.1. The third-order valence-corrected chi connectivity index (χ3v) is 4.21. The van der Waals surface area contributed by atoms with Gasteiger partial charge in [-0.1, -0.05) is 30.3 Å². The molecule has 2 heterocycles. The Bertz CT molecular complexity index is 1110. The summed E-state index contributed by atoms with van der Waals surface area (Å²) in [6, 6.07) is 12.1. The van der Waals surface area contributed by atoms with Crippen LogP contribution >= 0.6 is 0 Å². The smallest absolute Gasteiger partial charge is 0.247 e. The molecule has 8 heteroatoms. The molecule has 0 spiro atoms. The molecule has 2 aromatic heterocycles. The number of nitrogens with zero attached hydrogens (tertiary/aromatic N) is 5. The highest BCUT2D eigenvalue weighted by Gasteiger charge is 2.14. The van der Waals surface area contributed by atoms with Crippen molar-refractivity contribution in [2.75, 3.05) is 12.4 Å². The number of carbonyl (C=O) groups excluding carboxylic acids is 1. The quantitative estimate of drug-likeness (QED) is 0.589. The first kappa shape index (κ1) is 16.8. The first-order valence-electron chi connectivity index (χ1n) is 8.39. The van der Waals surface area contributed by atoms with E-state index in [4.69, 9.17) is 4.74 Å². The number of fused-ring (bicyclic) bond motifs is 1. The molecule has 27 heavy (non-hydrogen) atoms. The number of benzene rings is 2. The number of aryl methyl sites for hydroxylation is 1. The lowest BCUT2D eigenvalue weighted by atomic mass is 9.99. The standard InChI is InChI=1S/C19H18N6O2/c1-24-20-10-17(23-24)22-18(26)12-25-11-14(9-21-25)19-15-6-4-3-5-13(15)7-8-16(19)27-2/h3-11H,12H2,1-2H3,(H,22,23,26). The van der Waals surface area contributed by atoms with Gasteiger partial charge in [0.1, 0.15) is 12.3 Å². The minimum atomic E-state index is -0.227. The van der Waals surface area contributed by atoms with Crippen LogP contribution in [0.5, 0.6) is 5.75 Å². The molecule has 0 bridgehead atoms. The van der Waals surface area contributed by atoms with Gasteiger partial charge in [0.25, 0.3) is 0 Å². The Labute approximate surface area is 155 Å². The van der Waals surface area contributed by atoms with Gasteiger partial charge in [-0.3, -0.25) is 9.48 Å². The number of amides is 1. The van der Waals surface area contributed by atoms with Gasteiger partial charge in [0.2, 0.25) is 5.91 Å². The molecule has 0 fully saturated rings. The maximum atomic E-state index is 12.2. The second kappa shape index (κ2) is 6.91. The molecule has 1 N–H and O–H groups in total. The fourth-order valence-electron chi connectivity index (χ4n) is 3.03. The number of nitrogens with one attached hydrogen (secondary N) is 1. The zero-order valence-corrected chi connectivity index (χ0v) is 15.0. The summed E-state index contributed by atoms with van der Waals surface area (Å²) in [6.07, 6.45) is 5.06. The van der Waals surface area contributed by atoms with Crippen molar-refractivity contribution in [1.82, 2.24) is 24.8 Å². The minimum absolute atomic E-state index is 0.0731. The van der Waals surface area contributed by atoms with Crippen LogP contribution in [0.15, 0.2) is 55.0 Å². The molecule has 4 rings (SSSR count). The Morgan fingerprint density at radius 1 is 1.15 bits per heavy atom. The molecule has 0 aliphatic rings. The summed E-state index contributed by atoms with van der Waals surface area (Å²) in [4.78, 5) is 13.6. The van der Waals surface area contributed by atoms with Gasteiger partial charge in [-0.05, 0) is 16.8 Å². The van der Waals surface area contributed by atoms with Crippen molar-refractivity contribution in [2.24, 2.45) is 7.05 Å². The van der Waals surface area contributed by atoms with Crippen LogP contribution in [0.3, 0.4) is 0 Å². The number of rotatable bonds is 5. The average Bonchev–Trinajstić information content (AvgIpc) is 3.29. The maximum Gasteiger partial charge on any atom is 0.247 e. The lowest BCUT2D eigenvalue weighted by Crippen LogP contribution is -2.19. The molecular formula is C19H18N6O2. The van der Waals surface area contributed by atoms with Gasteiger partial charge in [-0.2, -0.15) is 15.0 Å². The molecule has 0 saturated heterocycles. The largest absolute Gasteiger partial charge is 0.496 e. The van der Waals surface area contributed by atoms with Crippen LogP contribution in [-0.2, 0) is 18.4 Å². The number of hydrogen-bond acceptors (Lipinski definition) is 5. The topological polar surface area (TPSA) is 86.9 Å². The minimum Gasteiger partial charge on any atom is -0.496 e. The number of carbonyl (C=O) groups is 1. The summed E-state index contributed by atoms with van der Waals surface area (Å²) in [5.41, 5.74) is 1.84. The van der Waals surface area contributed by atoms with E-state index in [1.54, 1.807) is 25.0 Å². The van der Waals surface area contributed by atoms with Gasteiger partial charge in [0.15, 0.2) is 5.82 Å². The van der Waals surface area contributed by atoms with E-state index in [1.165, 1.54) is 11.0 Å². The Hall–Kier alpha value is -3.68. The summed E-state index contributed by atoms with van der Waals surface area (Å²) >= 11 is 0. The van der Waals surface area contributed by atoms with Crippen LogP contribution in [0.25, 0.3) is 21.9 Å². The van der Waals surface area contributed by atoms with Crippen molar-refractivity contribution in [3.8, 4) is 16.9 Å². The van der Waals surface area contributed by atoms with E-state index in [1.807, 2.05) is 36.5 Å². The SMILES string of the molecule is COc1ccc2ccccc2c1-c1cnn(CC(=O)Nc2cnn(C)n2)c1. The number of hydrogen-bond donors (Lipinski definition) is 1. The number of anilines is 1. The van der Waals surface area contributed by atoms with Gasteiger partial charge in [0, 0.05) is 24.4 Å². The molecule has 0 aliphatic carbocycles. The van der Waals surface area contributed by atoms with Crippen LogP contribution in [0.1, 0.15) is 0 Å². The highest BCUT2D eigenvalue weighted by Crippen LogP contribution is 2.36. The molecule has 2 aromatic carbocycles. The van der Waals surface area contributed by atoms with Crippen molar-refractivity contribution in [3.63, 3.8) is 0 Å². The number of methoxy groups -OCH3 is 1. The lowest BCUT2D eigenvalue weighted by Gasteiger charge is -2.10. The molecular weight excluding hydrogens is 344 g/mol. The third kappa shape index (κ3) is 3.37. The monoisotopic (exact) mass is 362 g/mol. The Balaban J connectivity index is 1.61. The Kier molecular flexibility index (Phi) is 4.29. The van der Waals surface area contributed by atoms with Crippen molar-refractivity contribution in [3.05, 3.63) is 55.0 Å². The highest BCUT2D eigenvalue weighted by molar-refractivity contribution is 5.99. The Morgan fingerprint density at radius 3 is 2.78 bits per heavy atom. The highest BCUT2D eigenvalue weighted by atomic mass is 16.5.